The Morgan fingerprint density at radius 1 is 0.912 bits per heavy atom. The van der Waals surface area contributed by atoms with Gasteiger partial charge >= 0.3 is 0 Å². The molecule has 2 amide bonds. The SMILES string of the molecule is CCCCOc1c(CN2C(=O)c3ccccc3C2=O)n(CC(C)(C)C)c(=O)c2cc(C)ccc12. The number of hydrogen-bond acceptors (Lipinski definition) is 4. The molecule has 34 heavy (non-hydrogen) atoms. The maximum atomic E-state index is 13.7. The van der Waals surface area contributed by atoms with E-state index in [4.69, 9.17) is 4.74 Å². The Hall–Kier alpha value is -3.41. The van der Waals surface area contributed by atoms with E-state index >= 15 is 0 Å². The molecule has 1 aromatic heterocycles. The largest absolute Gasteiger partial charge is 0.491 e. The van der Waals surface area contributed by atoms with Gasteiger partial charge in [-0.2, -0.15) is 0 Å². The topological polar surface area (TPSA) is 68.6 Å². The Labute approximate surface area is 200 Å². The lowest BCUT2D eigenvalue weighted by Gasteiger charge is -2.27. The van der Waals surface area contributed by atoms with Gasteiger partial charge < -0.3 is 9.30 Å². The predicted octanol–water partition coefficient (Wildman–Crippen LogP) is 5.33. The number of imide groups is 1. The fourth-order valence-corrected chi connectivity index (χ4v) is 4.39. The van der Waals surface area contributed by atoms with Crippen molar-refractivity contribution in [1.82, 2.24) is 9.47 Å². The molecule has 0 fully saturated rings. The lowest BCUT2D eigenvalue weighted by molar-refractivity contribution is 0.0636. The minimum absolute atomic E-state index is 0.0249. The summed E-state index contributed by atoms with van der Waals surface area (Å²) in [5.74, 6) is -0.124. The normalized spacial score (nSPS) is 13.6. The second-order valence-corrected chi connectivity index (χ2v) is 10.2. The van der Waals surface area contributed by atoms with Crippen LogP contribution in [0, 0.1) is 12.3 Å². The number of carbonyl (C=O) groups excluding carboxylic acids is 2. The molecule has 6 nitrogen and oxygen atoms in total. The Bertz CT molecular complexity index is 1300. The first-order chi connectivity index (χ1) is 16.1. The summed E-state index contributed by atoms with van der Waals surface area (Å²) in [6.45, 7) is 11.1. The average molecular weight is 461 g/mol. The maximum Gasteiger partial charge on any atom is 0.261 e. The van der Waals surface area contributed by atoms with Crippen LogP contribution in [0.4, 0.5) is 0 Å². The van der Waals surface area contributed by atoms with Gasteiger partial charge in [-0.25, -0.2) is 0 Å². The summed E-state index contributed by atoms with van der Waals surface area (Å²) in [6, 6.07) is 12.6. The first-order valence-electron chi connectivity index (χ1n) is 11.9. The van der Waals surface area contributed by atoms with Crippen molar-refractivity contribution in [2.75, 3.05) is 6.61 Å². The number of aromatic nitrogens is 1. The molecule has 0 saturated heterocycles. The van der Waals surface area contributed by atoms with Gasteiger partial charge in [-0.05, 0) is 37.0 Å². The summed E-state index contributed by atoms with van der Waals surface area (Å²) in [5, 5.41) is 1.30. The molecule has 0 spiro atoms. The molecule has 4 rings (SSSR count). The molecule has 1 aliphatic rings. The number of unbranched alkanes of at least 4 members (excludes halogenated alkanes) is 1. The summed E-state index contributed by atoms with van der Waals surface area (Å²) in [4.78, 5) is 41.3. The Morgan fingerprint density at radius 3 is 2.15 bits per heavy atom. The Balaban J connectivity index is 1.93. The van der Waals surface area contributed by atoms with E-state index in [2.05, 4.69) is 27.7 Å². The van der Waals surface area contributed by atoms with Crippen LogP contribution in [0.15, 0.2) is 47.3 Å². The van der Waals surface area contributed by atoms with E-state index in [1.807, 2.05) is 25.1 Å². The number of nitrogens with zero attached hydrogens (tertiary/aromatic N) is 2. The van der Waals surface area contributed by atoms with E-state index in [0.717, 1.165) is 18.4 Å². The Morgan fingerprint density at radius 2 is 1.56 bits per heavy atom. The number of ether oxygens (including phenoxy) is 1. The highest BCUT2D eigenvalue weighted by atomic mass is 16.5. The monoisotopic (exact) mass is 460 g/mol. The zero-order chi connectivity index (χ0) is 24.6. The van der Waals surface area contributed by atoms with Crippen LogP contribution in [0.2, 0.25) is 0 Å². The van der Waals surface area contributed by atoms with E-state index in [0.29, 0.717) is 46.5 Å². The standard InChI is InChI=1S/C28H32N2O4/c1-6-7-14-34-24-19-13-12-18(2)15-22(19)27(33)30(17-28(3,4)5)23(24)16-29-25(31)20-10-8-9-11-21(20)26(29)32/h8-13,15H,6-7,14,16-17H2,1-5H3. The zero-order valence-electron chi connectivity index (χ0n) is 20.6. The van der Waals surface area contributed by atoms with E-state index in [1.54, 1.807) is 28.8 Å². The molecule has 6 heteroatoms. The van der Waals surface area contributed by atoms with Crippen molar-refractivity contribution in [1.29, 1.82) is 0 Å². The second kappa shape index (κ2) is 9.09. The molecule has 0 unspecified atom stereocenters. The molecule has 0 atom stereocenters. The van der Waals surface area contributed by atoms with Crippen molar-refractivity contribution in [3.05, 3.63) is 75.2 Å². The summed E-state index contributed by atoms with van der Waals surface area (Å²) < 4.78 is 7.99. The van der Waals surface area contributed by atoms with Crippen LogP contribution in [0.1, 0.15) is 72.5 Å². The van der Waals surface area contributed by atoms with Gasteiger partial charge in [-0.1, -0.05) is 63.9 Å². The number of carbonyl (C=O) groups is 2. The molecule has 0 bridgehead atoms. The van der Waals surface area contributed by atoms with Crippen LogP contribution in [0.5, 0.6) is 5.75 Å². The number of rotatable bonds is 7. The first-order valence-corrected chi connectivity index (χ1v) is 11.9. The van der Waals surface area contributed by atoms with Crippen molar-refractivity contribution in [3.63, 3.8) is 0 Å². The van der Waals surface area contributed by atoms with Crippen LogP contribution in [-0.2, 0) is 13.1 Å². The van der Waals surface area contributed by atoms with Crippen LogP contribution in [0.25, 0.3) is 10.8 Å². The van der Waals surface area contributed by atoms with Gasteiger partial charge in [0.1, 0.15) is 5.75 Å². The van der Waals surface area contributed by atoms with Crippen LogP contribution >= 0.6 is 0 Å². The lowest BCUT2D eigenvalue weighted by Crippen LogP contribution is -2.36. The zero-order valence-corrected chi connectivity index (χ0v) is 20.6. The predicted molar refractivity (Wildman–Crippen MR) is 133 cm³/mol. The molecule has 2 heterocycles. The van der Waals surface area contributed by atoms with Gasteiger partial charge in [0.05, 0.1) is 35.4 Å². The van der Waals surface area contributed by atoms with Crippen LogP contribution in [-0.4, -0.2) is 27.9 Å². The van der Waals surface area contributed by atoms with Gasteiger partial charge in [0.15, 0.2) is 0 Å². The highest BCUT2D eigenvalue weighted by Gasteiger charge is 2.37. The molecule has 2 aromatic carbocycles. The van der Waals surface area contributed by atoms with Crippen molar-refractivity contribution in [2.45, 2.75) is 60.5 Å². The summed E-state index contributed by atoms with van der Waals surface area (Å²) in [7, 11) is 0. The summed E-state index contributed by atoms with van der Waals surface area (Å²) >= 11 is 0. The second-order valence-electron chi connectivity index (χ2n) is 10.2. The smallest absolute Gasteiger partial charge is 0.261 e. The fraction of sp³-hybridized carbons (Fsp3) is 0.393. The highest BCUT2D eigenvalue weighted by Crippen LogP contribution is 2.33. The molecule has 0 radical (unpaired) electrons. The van der Waals surface area contributed by atoms with Crippen LogP contribution in [0.3, 0.4) is 0 Å². The van der Waals surface area contributed by atoms with Crippen molar-refractivity contribution in [3.8, 4) is 5.75 Å². The molecule has 0 N–H and O–H groups in total. The minimum atomic E-state index is -0.348. The van der Waals surface area contributed by atoms with E-state index in [1.165, 1.54) is 4.90 Å². The molecular weight excluding hydrogens is 428 g/mol. The highest BCUT2D eigenvalue weighted by molar-refractivity contribution is 6.21. The molecule has 0 aliphatic carbocycles. The van der Waals surface area contributed by atoms with Gasteiger partial charge in [0, 0.05) is 11.9 Å². The number of benzene rings is 2. The molecule has 1 aliphatic heterocycles. The minimum Gasteiger partial charge on any atom is -0.491 e. The summed E-state index contributed by atoms with van der Waals surface area (Å²) in [5.41, 5.74) is 1.98. The van der Waals surface area contributed by atoms with E-state index in [9.17, 15) is 14.4 Å². The van der Waals surface area contributed by atoms with Crippen molar-refractivity contribution in [2.24, 2.45) is 5.41 Å². The number of fused-ring (bicyclic) bond motifs is 2. The van der Waals surface area contributed by atoms with Gasteiger partial charge in [-0.15, -0.1) is 0 Å². The lowest BCUT2D eigenvalue weighted by atomic mass is 9.96. The van der Waals surface area contributed by atoms with Gasteiger partial charge in [0.2, 0.25) is 0 Å². The third-order valence-electron chi connectivity index (χ3n) is 6.05. The molecule has 0 saturated carbocycles. The number of aryl methyl sites for hydroxylation is 1. The fourth-order valence-electron chi connectivity index (χ4n) is 4.39. The van der Waals surface area contributed by atoms with Crippen LogP contribution < -0.4 is 10.3 Å². The molecule has 178 valence electrons. The number of pyridine rings is 1. The van der Waals surface area contributed by atoms with Gasteiger partial charge in [-0.3, -0.25) is 19.3 Å². The number of amides is 2. The Kier molecular flexibility index (Phi) is 6.34. The molecule has 3 aromatic rings. The maximum absolute atomic E-state index is 13.7. The third-order valence-corrected chi connectivity index (χ3v) is 6.05. The van der Waals surface area contributed by atoms with E-state index < -0.39 is 0 Å². The third kappa shape index (κ3) is 4.37. The average Bonchev–Trinajstić information content (AvgIpc) is 3.02. The summed E-state index contributed by atoms with van der Waals surface area (Å²) in [6.07, 6.45) is 1.82. The quantitative estimate of drug-likeness (QED) is 0.353. The first kappa shape index (κ1) is 23.7. The van der Waals surface area contributed by atoms with Crippen molar-refractivity contribution < 1.29 is 14.3 Å². The number of hydrogen-bond donors (Lipinski definition) is 0. The van der Waals surface area contributed by atoms with Gasteiger partial charge in [0.25, 0.3) is 17.4 Å². The van der Waals surface area contributed by atoms with Crippen molar-refractivity contribution >= 4 is 22.6 Å². The van der Waals surface area contributed by atoms with E-state index in [-0.39, 0.29) is 29.3 Å². The molecular formula is C28H32N2O4.